The molecule has 3 aromatic rings. The van der Waals surface area contributed by atoms with Crippen LogP contribution in [0.15, 0.2) is 39.6 Å². The minimum absolute atomic E-state index is 0.0141. The van der Waals surface area contributed by atoms with Gasteiger partial charge in [-0.3, -0.25) is 14.9 Å². The van der Waals surface area contributed by atoms with Crippen LogP contribution in [0.5, 0.6) is 0 Å². The molecule has 0 aliphatic heterocycles. The molecule has 0 bridgehead atoms. The van der Waals surface area contributed by atoms with Crippen molar-refractivity contribution in [1.82, 2.24) is 9.88 Å². The number of thiophene rings is 1. The molecule has 0 spiro atoms. The summed E-state index contributed by atoms with van der Waals surface area (Å²) in [4.78, 5) is 31.9. The average Bonchev–Trinajstić information content (AvgIpc) is 3.35. The van der Waals surface area contributed by atoms with Crippen molar-refractivity contribution in [2.45, 2.75) is 26.3 Å². The van der Waals surface area contributed by atoms with Crippen molar-refractivity contribution in [2.24, 2.45) is 0 Å². The number of anilines is 1. The number of hydrogen-bond acceptors (Lipinski definition) is 6. The van der Waals surface area contributed by atoms with Crippen molar-refractivity contribution >= 4 is 39.6 Å². The van der Waals surface area contributed by atoms with Gasteiger partial charge in [0.1, 0.15) is 5.76 Å². The summed E-state index contributed by atoms with van der Waals surface area (Å²) in [5, 5.41) is 7.00. The molecule has 0 aliphatic carbocycles. The van der Waals surface area contributed by atoms with Crippen molar-refractivity contribution in [3.05, 3.63) is 57.1 Å². The molecule has 3 heterocycles. The highest BCUT2D eigenvalue weighted by Gasteiger charge is 2.20. The fourth-order valence-electron chi connectivity index (χ4n) is 2.45. The number of rotatable bonds is 6. The smallest absolute Gasteiger partial charge is 0.260 e. The average molecular weight is 390 g/mol. The molecule has 136 valence electrons. The van der Waals surface area contributed by atoms with Crippen LogP contribution in [0.4, 0.5) is 5.13 Å². The summed E-state index contributed by atoms with van der Waals surface area (Å²) in [6.07, 6.45) is 1.67. The highest BCUT2D eigenvalue weighted by molar-refractivity contribution is 7.14. The number of carbonyl (C=O) groups excluding carboxylic acids is 2. The second kappa shape index (κ2) is 7.84. The van der Waals surface area contributed by atoms with E-state index in [4.69, 9.17) is 4.42 Å². The monoisotopic (exact) mass is 389 g/mol. The molecule has 0 saturated carbocycles. The van der Waals surface area contributed by atoms with Gasteiger partial charge in [-0.1, -0.05) is 6.07 Å². The molecule has 3 rings (SSSR count). The fraction of sp³-hybridized carbons (Fsp3) is 0.278. The van der Waals surface area contributed by atoms with Crippen molar-refractivity contribution in [1.29, 1.82) is 0 Å². The number of thiazole rings is 1. The number of furan rings is 1. The Balaban J connectivity index is 1.60. The van der Waals surface area contributed by atoms with Gasteiger partial charge < -0.3 is 9.32 Å². The lowest BCUT2D eigenvalue weighted by atomic mass is 10.2. The Morgan fingerprint density at radius 1 is 1.35 bits per heavy atom. The highest BCUT2D eigenvalue weighted by Crippen LogP contribution is 2.24. The first kappa shape index (κ1) is 18.3. The van der Waals surface area contributed by atoms with Gasteiger partial charge >= 0.3 is 0 Å². The number of amides is 2. The maximum absolute atomic E-state index is 12.5. The van der Waals surface area contributed by atoms with E-state index in [-0.39, 0.29) is 24.3 Å². The van der Waals surface area contributed by atoms with E-state index in [1.165, 1.54) is 17.6 Å². The van der Waals surface area contributed by atoms with Gasteiger partial charge in [0.25, 0.3) is 5.91 Å². The van der Waals surface area contributed by atoms with Crippen LogP contribution in [-0.4, -0.2) is 28.7 Å². The van der Waals surface area contributed by atoms with Crippen LogP contribution in [0.1, 0.15) is 39.7 Å². The second-order valence-corrected chi connectivity index (χ2v) is 7.70. The van der Waals surface area contributed by atoms with Crippen LogP contribution < -0.4 is 5.32 Å². The molecular weight excluding hydrogens is 370 g/mol. The van der Waals surface area contributed by atoms with Gasteiger partial charge in [-0.05, 0) is 31.4 Å². The van der Waals surface area contributed by atoms with E-state index in [1.807, 2.05) is 24.4 Å². The quantitative estimate of drug-likeness (QED) is 0.688. The number of hydrogen-bond donors (Lipinski definition) is 1. The van der Waals surface area contributed by atoms with E-state index < -0.39 is 0 Å². The number of nitrogens with zero attached hydrogens (tertiary/aromatic N) is 2. The van der Waals surface area contributed by atoms with Crippen LogP contribution in [0.3, 0.4) is 0 Å². The molecule has 0 aliphatic rings. The van der Waals surface area contributed by atoms with E-state index in [9.17, 15) is 9.59 Å². The zero-order valence-electron chi connectivity index (χ0n) is 14.7. The molecular formula is C18H19N3O3S2. The van der Waals surface area contributed by atoms with Crippen LogP contribution in [0, 0.1) is 6.92 Å². The van der Waals surface area contributed by atoms with Crippen LogP contribution in [0.25, 0.3) is 0 Å². The Bertz CT molecular complexity index is 899. The summed E-state index contributed by atoms with van der Waals surface area (Å²) in [6, 6.07) is 5.63. The summed E-state index contributed by atoms with van der Waals surface area (Å²) in [7, 11) is 1.80. The second-order valence-electron chi connectivity index (χ2n) is 5.86. The first-order valence-electron chi connectivity index (χ1n) is 8.04. The third kappa shape index (κ3) is 4.03. The van der Waals surface area contributed by atoms with E-state index >= 15 is 0 Å². The normalized spacial score (nSPS) is 12.0. The number of nitrogens with one attached hydrogen (secondary N) is 1. The van der Waals surface area contributed by atoms with Crippen LogP contribution in [0.2, 0.25) is 0 Å². The van der Waals surface area contributed by atoms with Crippen LogP contribution >= 0.6 is 22.7 Å². The zero-order chi connectivity index (χ0) is 18.7. The lowest BCUT2D eigenvalue weighted by molar-refractivity contribution is -0.131. The van der Waals surface area contributed by atoms with E-state index in [0.29, 0.717) is 22.1 Å². The number of aryl methyl sites for hydroxylation is 1. The standard InChI is InChI=1S/C18H19N3O3S2/c1-11(15-5-4-8-25-15)21(3)16(22)9-13-10-26-18(19-13)20-17(23)14-6-7-24-12(14)2/h4-8,10-11H,9H2,1-3H3,(H,19,20,23). The van der Waals surface area contributed by atoms with Gasteiger partial charge in [0, 0.05) is 17.3 Å². The molecule has 0 radical (unpaired) electrons. The Labute approximate surface area is 159 Å². The van der Waals surface area contributed by atoms with Crippen molar-refractivity contribution in [3.63, 3.8) is 0 Å². The third-order valence-corrected chi connectivity index (χ3v) is 5.99. The van der Waals surface area contributed by atoms with Gasteiger partial charge in [0.2, 0.25) is 5.91 Å². The minimum Gasteiger partial charge on any atom is -0.469 e. The van der Waals surface area contributed by atoms with Crippen molar-refractivity contribution < 1.29 is 14.0 Å². The fourth-order valence-corrected chi connectivity index (χ4v) is 3.98. The summed E-state index contributed by atoms with van der Waals surface area (Å²) < 4.78 is 5.13. The Kier molecular flexibility index (Phi) is 5.53. The summed E-state index contributed by atoms with van der Waals surface area (Å²) in [5.74, 6) is 0.269. The molecule has 0 saturated heterocycles. The maximum atomic E-state index is 12.5. The predicted molar refractivity (Wildman–Crippen MR) is 103 cm³/mol. The number of aromatic nitrogens is 1. The third-order valence-electron chi connectivity index (χ3n) is 4.14. The maximum Gasteiger partial charge on any atom is 0.260 e. The Morgan fingerprint density at radius 3 is 2.81 bits per heavy atom. The van der Waals surface area contributed by atoms with Crippen molar-refractivity contribution in [3.8, 4) is 0 Å². The van der Waals surface area contributed by atoms with Crippen molar-refractivity contribution in [2.75, 3.05) is 12.4 Å². The lowest BCUT2D eigenvalue weighted by Gasteiger charge is -2.23. The molecule has 26 heavy (non-hydrogen) atoms. The molecule has 1 atom stereocenters. The van der Waals surface area contributed by atoms with Gasteiger partial charge in [-0.15, -0.1) is 22.7 Å². The topological polar surface area (TPSA) is 75.4 Å². The first-order chi connectivity index (χ1) is 12.5. The van der Waals surface area contributed by atoms with Gasteiger partial charge in [0.15, 0.2) is 5.13 Å². The highest BCUT2D eigenvalue weighted by atomic mass is 32.1. The summed E-state index contributed by atoms with van der Waals surface area (Å²) >= 11 is 2.93. The van der Waals surface area contributed by atoms with Gasteiger partial charge in [-0.25, -0.2) is 4.98 Å². The van der Waals surface area contributed by atoms with Gasteiger partial charge in [0.05, 0.1) is 30.0 Å². The predicted octanol–water partition coefficient (Wildman–Crippen LogP) is 4.12. The Morgan fingerprint density at radius 2 is 2.15 bits per heavy atom. The molecule has 1 unspecified atom stereocenters. The number of likely N-dealkylation sites (N-methyl/N-ethyl adjacent to an activating group) is 1. The van der Waals surface area contributed by atoms with E-state index in [1.54, 1.807) is 41.7 Å². The number of carbonyl (C=O) groups is 2. The first-order valence-corrected chi connectivity index (χ1v) is 9.80. The molecule has 8 heteroatoms. The molecule has 0 fully saturated rings. The van der Waals surface area contributed by atoms with Crippen LogP contribution in [-0.2, 0) is 11.2 Å². The molecule has 1 N–H and O–H groups in total. The summed E-state index contributed by atoms with van der Waals surface area (Å²) in [6.45, 7) is 3.73. The van der Waals surface area contributed by atoms with Gasteiger partial charge in [-0.2, -0.15) is 0 Å². The van der Waals surface area contributed by atoms with E-state index in [2.05, 4.69) is 10.3 Å². The molecule has 6 nitrogen and oxygen atoms in total. The Hall–Kier alpha value is -2.45. The largest absolute Gasteiger partial charge is 0.469 e. The molecule has 3 aromatic heterocycles. The minimum atomic E-state index is -0.271. The zero-order valence-corrected chi connectivity index (χ0v) is 16.3. The molecule has 0 aromatic carbocycles. The molecule has 2 amide bonds. The lowest BCUT2D eigenvalue weighted by Crippen LogP contribution is -2.30. The van der Waals surface area contributed by atoms with E-state index in [0.717, 1.165) is 4.88 Å². The SMILES string of the molecule is Cc1occc1C(=O)Nc1nc(CC(=O)N(C)C(C)c2cccs2)cs1. The summed E-state index contributed by atoms with van der Waals surface area (Å²) in [5.41, 5.74) is 1.12.